The van der Waals surface area contributed by atoms with Crippen LogP contribution < -0.4 is 21.6 Å². The van der Waals surface area contributed by atoms with Crippen molar-refractivity contribution in [2.45, 2.75) is 90.1 Å². The van der Waals surface area contributed by atoms with E-state index in [1.165, 1.54) is 19.9 Å². The highest BCUT2D eigenvalue weighted by molar-refractivity contribution is 7.54. The molecule has 0 radical (unpaired) electrons. The van der Waals surface area contributed by atoms with E-state index in [0.717, 1.165) is 6.20 Å². The van der Waals surface area contributed by atoms with Gasteiger partial charge in [-0.15, -0.1) is 0 Å². The molecule has 40 heavy (non-hydrogen) atoms. The van der Waals surface area contributed by atoms with E-state index >= 15 is 4.39 Å². The number of nitrogens with one attached hydrogen (secondary N) is 2. The van der Waals surface area contributed by atoms with Gasteiger partial charge < -0.3 is 29.6 Å². The molecule has 5 N–H and O–H groups in total. The third-order valence-corrected chi connectivity index (χ3v) is 7.24. The molecule has 0 spiro atoms. The van der Waals surface area contributed by atoms with Crippen LogP contribution in [0.2, 0.25) is 0 Å². The molecule has 1 fully saturated rings. The zero-order chi connectivity index (χ0) is 30.4. The van der Waals surface area contributed by atoms with Crippen molar-refractivity contribution in [1.29, 1.82) is 0 Å². The van der Waals surface area contributed by atoms with Crippen molar-refractivity contribution in [3.8, 4) is 0 Å². The maximum absolute atomic E-state index is 15.2. The van der Waals surface area contributed by atoms with Crippen LogP contribution >= 0.6 is 7.67 Å². The van der Waals surface area contributed by atoms with Crippen molar-refractivity contribution < 1.29 is 42.4 Å². The number of nitrogen functional groups attached to an aromatic ring is 1. The minimum absolute atomic E-state index is 0.159. The Bertz CT molecular complexity index is 1190. The highest BCUT2D eigenvalue weighted by atomic mass is 31.2. The Kier molecular flexibility index (Phi) is 11.2. The minimum Gasteiger partial charge on any atom is -0.462 e. The number of nitrogens with two attached hydrogens (primary N) is 1. The van der Waals surface area contributed by atoms with Gasteiger partial charge in [-0.2, -0.15) is 4.98 Å². The van der Waals surface area contributed by atoms with E-state index in [0.29, 0.717) is 4.57 Å². The van der Waals surface area contributed by atoms with Crippen molar-refractivity contribution >= 4 is 25.4 Å². The van der Waals surface area contributed by atoms with Gasteiger partial charge in [0.1, 0.15) is 24.0 Å². The maximum atomic E-state index is 15.2. The number of rotatable bonds is 13. The van der Waals surface area contributed by atoms with E-state index < -0.39 is 80.4 Å². The first kappa shape index (κ1) is 33.1. The van der Waals surface area contributed by atoms with Gasteiger partial charge in [0.2, 0.25) is 5.72 Å². The van der Waals surface area contributed by atoms with E-state index in [-0.39, 0.29) is 5.82 Å². The van der Waals surface area contributed by atoms with Gasteiger partial charge in [0.05, 0.1) is 18.8 Å². The summed E-state index contributed by atoms with van der Waals surface area (Å²) >= 11 is 0. The largest absolute Gasteiger partial charge is 0.462 e. The third kappa shape index (κ3) is 8.20. The lowest BCUT2D eigenvalue weighted by atomic mass is 10.1. The number of anilines is 1. The summed E-state index contributed by atoms with van der Waals surface area (Å²) in [6, 6.07) is -1.36. The predicted molar refractivity (Wildman–Crippen MR) is 137 cm³/mol. The van der Waals surface area contributed by atoms with Crippen molar-refractivity contribution in [2.75, 3.05) is 12.3 Å². The molecule has 0 aromatic carbocycles. The predicted octanol–water partition coefficient (Wildman–Crippen LogP) is 1.04. The van der Waals surface area contributed by atoms with Crippen LogP contribution in [0, 0.1) is 0 Å². The Morgan fingerprint density at radius 3 is 2.23 bits per heavy atom. The number of ether oxygens (including phenoxy) is 3. The summed E-state index contributed by atoms with van der Waals surface area (Å²) in [5, 5.41) is 18.8. The average molecular weight is 593 g/mol. The van der Waals surface area contributed by atoms with E-state index in [1.807, 2.05) is 0 Å². The van der Waals surface area contributed by atoms with E-state index in [2.05, 4.69) is 25.2 Å². The fourth-order valence-electron chi connectivity index (χ4n) is 3.46. The van der Waals surface area contributed by atoms with Gasteiger partial charge in [-0.05, 0) is 53.1 Å². The summed E-state index contributed by atoms with van der Waals surface area (Å²) in [4.78, 5) is 43.0. The van der Waals surface area contributed by atoms with E-state index in [1.54, 1.807) is 27.7 Å². The number of aliphatic hydroxyl groups is 1. The number of carbonyl (C=O) groups excluding carboxylic acids is 2. The lowest BCUT2D eigenvalue weighted by Gasteiger charge is -2.31. The first-order valence-electron chi connectivity index (χ1n) is 12.2. The number of aliphatic hydroxyl groups excluding tert-OH is 1. The van der Waals surface area contributed by atoms with Gasteiger partial charge in [0.25, 0.3) is 0 Å². The van der Waals surface area contributed by atoms with Crippen LogP contribution in [0.3, 0.4) is 0 Å². The maximum Gasteiger partial charge on any atom is 0.351 e. The first-order chi connectivity index (χ1) is 18.5. The Labute approximate surface area is 228 Å². The van der Waals surface area contributed by atoms with Crippen LogP contribution in [0.5, 0.6) is 0 Å². The monoisotopic (exact) mass is 592 g/mol. The number of nitrogens with zero attached hydrogens (tertiary/aromatic N) is 5. The topological polar surface area (TPSA) is 242 Å². The molecule has 1 aliphatic rings. The number of aromatic nitrogens is 2. The number of azide groups is 1. The second-order valence-electron chi connectivity index (χ2n) is 9.47. The van der Waals surface area contributed by atoms with Gasteiger partial charge in [-0.25, -0.2) is 19.4 Å². The van der Waals surface area contributed by atoms with Crippen molar-refractivity contribution in [3.05, 3.63) is 33.2 Å². The smallest absolute Gasteiger partial charge is 0.351 e. The summed E-state index contributed by atoms with van der Waals surface area (Å²) in [6.45, 7) is 7.92. The van der Waals surface area contributed by atoms with Crippen LogP contribution in [-0.2, 0) is 32.9 Å². The molecular weight excluding hydrogens is 558 g/mol. The van der Waals surface area contributed by atoms with Crippen LogP contribution in [0.1, 0.15) is 47.8 Å². The molecule has 0 bridgehead atoms. The Balaban J connectivity index is 2.39. The zero-order valence-corrected chi connectivity index (χ0v) is 23.6. The third-order valence-electron chi connectivity index (χ3n) is 5.29. The summed E-state index contributed by atoms with van der Waals surface area (Å²) in [7, 11) is -4.49. The molecule has 1 aromatic heterocycles. The Morgan fingerprint density at radius 2 is 1.77 bits per heavy atom. The Hall–Kier alpha value is -3.11. The summed E-state index contributed by atoms with van der Waals surface area (Å²) < 4.78 is 50.8. The molecule has 0 unspecified atom stereocenters. The quantitative estimate of drug-likeness (QED) is 0.0823. The van der Waals surface area contributed by atoms with Crippen LogP contribution in [0.25, 0.3) is 10.4 Å². The number of esters is 2. The van der Waals surface area contributed by atoms with Gasteiger partial charge >= 0.3 is 25.3 Å². The molecule has 17 nitrogen and oxygen atoms in total. The number of hydrogen-bond donors (Lipinski definition) is 4. The highest BCUT2D eigenvalue weighted by Gasteiger charge is 2.57. The second-order valence-corrected chi connectivity index (χ2v) is 11.3. The normalized spacial score (nSPS) is 24.4. The minimum atomic E-state index is -4.49. The zero-order valence-electron chi connectivity index (χ0n) is 22.8. The van der Waals surface area contributed by atoms with Gasteiger partial charge in [0.15, 0.2) is 12.4 Å². The molecule has 2 heterocycles. The molecule has 224 valence electrons. The summed E-state index contributed by atoms with van der Waals surface area (Å²) in [5.41, 5.74) is 11.0. The van der Waals surface area contributed by atoms with E-state index in [4.69, 9.17) is 30.0 Å². The fourth-order valence-corrected chi connectivity index (χ4v) is 5.29. The lowest BCUT2D eigenvalue weighted by Crippen LogP contribution is -2.47. The van der Waals surface area contributed by atoms with Crippen molar-refractivity contribution in [3.63, 3.8) is 0 Å². The molecule has 1 saturated heterocycles. The Morgan fingerprint density at radius 1 is 1.25 bits per heavy atom. The average Bonchev–Trinajstić information content (AvgIpc) is 3.07. The van der Waals surface area contributed by atoms with Crippen LogP contribution in [0.15, 0.2) is 22.2 Å². The molecule has 0 amide bonds. The van der Waals surface area contributed by atoms with Gasteiger partial charge in [0, 0.05) is 11.1 Å². The summed E-state index contributed by atoms with van der Waals surface area (Å²) in [6.07, 6.45) is -6.38. The molecule has 1 aromatic rings. The molecule has 0 aliphatic carbocycles. The second kappa shape index (κ2) is 13.5. The molecule has 19 heteroatoms. The van der Waals surface area contributed by atoms with Gasteiger partial charge in [-0.3, -0.25) is 18.7 Å². The molecule has 1 aliphatic heterocycles. The van der Waals surface area contributed by atoms with Crippen LogP contribution in [-0.4, -0.2) is 75.5 Å². The SMILES string of the molecule is CC(C)OC(=O)[C@H](C)NP(=O)(N[C@@H](C)C(=O)OC(C)C)OC[C@@]1(N=[N+]=[N-])O[C@@H](n2ccc(N)nc2=O)[C@H](F)[C@@H]1O. The van der Waals surface area contributed by atoms with Crippen molar-refractivity contribution in [2.24, 2.45) is 5.11 Å². The van der Waals surface area contributed by atoms with Crippen LogP contribution in [0.4, 0.5) is 10.2 Å². The van der Waals surface area contributed by atoms with Crippen molar-refractivity contribution in [1.82, 2.24) is 19.7 Å². The molecule has 2 rings (SSSR count). The number of halogens is 1. The lowest BCUT2D eigenvalue weighted by molar-refractivity contribution is -0.149. The number of alkyl halides is 1. The molecular formula is C21H34FN8O9P. The first-order valence-corrected chi connectivity index (χ1v) is 13.8. The van der Waals surface area contributed by atoms with E-state index in [9.17, 15) is 24.1 Å². The summed E-state index contributed by atoms with van der Waals surface area (Å²) in [5.74, 6) is -1.80. The standard InChI is InChI=1S/C21H34FN8O9P/c1-10(2)37-18(32)12(5)26-40(35,27-13(6)19(33)38-11(3)4)36-9-21(28-29-24)16(31)15(22)17(39-21)30-8-7-14(23)25-20(30)34/h7-8,10-13,15-17,31H,9H2,1-6H3,(H2,23,25,34)(H2,26,27,35)/t12-,13-,15+,16-,17+,21+/m0/s1. The molecule has 0 saturated carbocycles. The highest BCUT2D eigenvalue weighted by Crippen LogP contribution is 2.45. The van der Waals surface area contributed by atoms with Gasteiger partial charge in [-0.1, -0.05) is 5.11 Å². The number of carbonyl (C=O) groups is 2. The fraction of sp³-hybridized carbons (Fsp3) is 0.714. The molecule has 6 atom stereocenters. The number of hydrogen-bond acceptors (Lipinski definition) is 12.